The van der Waals surface area contributed by atoms with Gasteiger partial charge in [0.15, 0.2) is 5.76 Å². The third kappa shape index (κ3) is 4.80. The van der Waals surface area contributed by atoms with Crippen LogP contribution in [0.15, 0.2) is 63.5 Å². The number of benzene rings is 2. The number of furan rings is 1. The standard InChI is InChI=1S/C24H19F3N4O5/c25-24(26,27)23-29-20(30-36-23)14-5-7-15(8-6-14)21(32)28-12-17-13-34-10-9-31(17)22(33)19-11-16-3-1-2-4-18(16)35-19/h1-8,11,17H,9-10,12-13H2,(H,28,32). The fraction of sp³-hybridized carbons (Fsp3) is 0.250. The highest BCUT2D eigenvalue weighted by Gasteiger charge is 2.38. The first kappa shape index (κ1) is 23.5. The van der Waals surface area contributed by atoms with Crippen molar-refractivity contribution in [2.45, 2.75) is 12.2 Å². The number of alkyl halides is 3. The smallest absolute Gasteiger partial charge is 0.451 e. The lowest BCUT2D eigenvalue weighted by molar-refractivity contribution is -0.159. The van der Waals surface area contributed by atoms with E-state index in [1.54, 1.807) is 17.0 Å². The topological polar surface area (TPSA) is 111 Å². The third-order valence-electron chi connectivity index (χ3n) is 5.70. The van der Waals surface area contributed by atoms with Crippen molar-refractivity contribution in [1.82, 2.24) is 20.4 Å². The van der Waals surface area contributed by atoms with Gasteiger partial charge in [0.2, 0.25) is 5.82 Å². The fourth-order valence-electron chi connectivity index (χ4n) is 3.86. The molecule has 1 N–H and O–H groups in total. The Morgan fingerprint density at radius 2 is 1.89 bits per heavy atom. The van der Waals surface area contributed by atoms with Crippen LogP contribution in [0.3, 0.4) is 0 Å². The maximum absolute atomic E-state index is 13.1. The van der Waals surface area contributed by atoms with Crippen LogP contribution >= 0.6 is 0 Å². The molecule has 12 heteroatoms. The molecule has 0 saturated carbocycles. The molecule has 1 fully saturated rings. The first-order chi connectivity index (χ1) is 17.3. The highest BCUT2D eigenvalue weighted by molar-refractivity contribution is 5.97. The molecular weight excluding hydrogens is 481 g/mol. The largest absolute Gasteiger partial charge is 0.471 e. The Labute approximate surface area is 201 Å². The van der Waals surface area contributed by atoms with Crippen LogP contribution in [0.25, 0.3) is 22.4 Å². The third-order valence-corrected chi connectivity index (χ3v) is 5.70. The number of amides is 2. The first-order valence-corrected chi connectivity index (χ1v) is 11.0. The van der Waals surface area contributed by atoms with Crippen LogP contribution < -0.4 is 5.32 Å². The number of morpholine rings is 1. The maximum atomic E-state index is 13.1. The molecule has 9 nitrogen and oxygen atoms in total. The molecule has 186 valence electrons. The first-order valence-electron chi connectivity index (χ1n) is 11.0. The summed E-state index contributed by atoms with van der Waals surface area (Å²) in [5, 5.41) is 6.91. The van der Waals surface area contributed by atoms with Gasteiger partial charge in [-0.3, -0.25) is 9.59 Å². The molecule has 2 aromatic carbocycles. The summed E-state index contributed by atoms with van der Waals surface area (Å²) >= 11 is 0. The highest BCUT2D eigenvalue weighted by Crippen LogP contribution is 2.29. The number of nitrogens with zero attached hydrogens (tertiary/aromatic N) is 3. The van der Waals surface area contributed by atoms with Gasteiger partial charge in [0.25, 0.3) is 11.8 Å². The van der Waals surface area contributed by atoms with Gasteiger partial charge >= 0.3 is 12.1 Å². The summed E-state index contributed by atoms with van der Waals surface area (Å²) in [7, 11) is 0. The lowest BCUT2D eigenvalue weighted by Gasteiger charge is -2.35. The predicted octanol–water partition coefficient (Wildman–Crippen LogP) is 3.77. The molecule has 2 aromatic heterocycles. The monoisotopic (exact) mass is 500 g/mol. The summed E-state index contributed by atoms with van der Waals surface area (Å²) in [5.74, 6) is -2.20. The molecule has 0 aliphatic carbocycles. The average Bonchev–Trinajstić information content (AvgIpc) is 3.55. The lowest BCUT2D eigenvalue weighted by Crippen LogP contribution is -2.53. The van der Waals surface area contributed by atoms with E-state index >= 15 is 0 Å². The van der Waals surface area contributed by atoms with Crippen LogP contribution in [0, 0.1) is 0 Å². The number of nitrogens with one attached hydrogen (secondary N) is 1. The molecule has 1 atom stereocenters. The summed E-state index contributed by atoms with van der Waals surface area (Å²) in [5.41, 5.74) is 1.14. The number of hydrogen-bond donors (Lipinski definition) is 1. The number of carbonyl (C=O) groups excluding carboxylic acids is 2. The van der Waals surface area contributed by atoms with Crippen LogP contribution in [-0.2, 0) is 10.9 Å². The Kier molecular flexibility index (Phi) is 6.18. The van der Waals surface area contributed by atoms with Crippen molar-refractivity contribution in [2.24, 2.45) is 0 Å². The number of ether oxygens (including phenoxy) is 1. The fourth-order valence-corrected chi connectivity index (χ4v) is 3.86. The van der Waals surface area contributed by atoms with Gasteiger partial charge in [-0.15, -0.1) is 0 Å². The number of carbonyl (C=O) groups is 2. The van der Waals surface area contributed by atoms with E-state index in [1.807, 2.05) is 18.2 Å². The van der Waals surface area contributed by atoms with Crippen LogP contribution in [0.5, 0.6) is 0 Å². The number of rotatable bonds is 5. The van der Waals surface area contributed by atoms with E-state index in [9.17, 15) is 22.8 Å². The van der Waals surface area contributed by atoms with Gasteiger partial charge in [-0.2, -0.15) is 18.2 Å². The van der Waals surface area contributed by atoms with E-state index in [2.05, 4.69) is 20.0 Å². The predicted molar refractivity (Wildman–Crippen MR) is 119 cm³/mol. The van der Waals surface area contributed by atoms with Gasteiger partial charge in [0.1, 0.15) is 5.58 Å². The second-order valence-electron chi connectivity index (χ2n) is 8.08. The maximum Gasteiger partial charge on any atom is 0.471 e. The van der Waals surface area contributed by atoms with E-state index < -0.39 is 24.0 Å². The Morgan fingerprint density at radius 1 is 1.11 bits per heavy atom. The van der Waals surface area contributed by atoms with Crippen LogP contribution in [0.1, 0.15) is 26.8 Å². The average molecular weight is 500 g/mol. The zero-order chi connectivity index (χ0) is 25.3. The molecule has 1 saturated heterocycles. The van der Waals surface area contributed by atoms with Crippen LogP contribution in [0.4, 0.5) is 13.2 Å². The summed E-state index contributed by atoms with van der Waals surface area (Å²) in [6.07, 6.45) is -4.74. The quantitative estimate of drug-likeness (QED) is 0.444. The summed E-state index contributed by atoms with van der Waals surface area (Å²) in [4.78, 5) is 30.7. The second-order valence-corrected chi connectivity index (χ2v) is 8.08. The lowest BCUT2D eigenvalue weighted by atomic mass is 10.1. The van der Waals surface area contributed by atoms with Gasteiger partial charge in [-0.1, -0.05) is 35.5 Å². The Bertz CT molecular complexity index is 1360. The van der Waals surface area contributed by atoms with Crippen molar-refractivity contribution < 1.29 is 36.4 Å². The van der Waals surface area contributed by atoms with E-state index in [0.29, 0.717) is 18.7 Å². The molecule has 3 heterocycles. The molecule has 5 rings (SSSR count). The number of aromatic nitrogens is 2. The van der Waals surface area contributed by atoms with Gasteiger partial charge in [0, 0.05) is 29.6 Å². The molecule has 36 heavy (non-hydrogen) atoms. The number of hydrogen-bond acceptors (Lipinski definition) is 7. The Hall–Kier alpha value is -4.19. The van der Waals surface area contributed by atoms with E-state index in [0.717, 1.165) is 5.39 Å². The van der Waals surface area contributed by atoms with E-state index in [1.165, 1.54) is 24.3 Å². The number of fused-ring (bicyclic) bond motifs is 1. The molecule has 4 aromatic rings. The minimum absolute atomic E-state index is 0.131. The number of para-hydroxylation sites is 1. The van der Waals surface area contributed by atoms with Crippen molar-refractivity contribution in [2.75, 3.05) is 26.3 Å². The molecule has 0 spiro atoms. The van der Waals surface area contributed by atoms with Gasteiger partial charge < -0.3 is 23.9 Å². The molecule has 0 bridgehead atoms. The Balaban J connectivity index is 1.23. The normalized spacial score (nSPS) is 16.3. The minimum Gasteiger partial charge on any atom is -0.451 e. The van der Waals surface area contributed by atoms with Crippen molar-refractivity contribution in [3.05, 3.63) is 71.8 Å². The molecule has 2 amide bonds. The molecule has 1 unspecified atom stereocenters. The second kappa shape index (κ2) is 9.46. The molecular formula is C24H19F3N4O5. The van der Waals surface area contributed by atoms with E-state index in [4.69, 9.17) is 9.15 Å². The minimum atomic E-state index is -4.74. The number of halogens is 3. The van der Waals surface area contributed by atoms with Crippen molar-refractivity contribution in [3.63, 3.8) is 0 Å². The van der Waals surface area contributed by atoms with Gasteiger partial charge in [0.05, 0.1) is 19.3 Å². The SMILES string of the molecule is O=C(NCC1COCCN1C(=O)c1cc2ccccc2o1)c1ccc(-c2noc(C(F)(F)F)n2)cc1. The summed E-state index contributed by atoms with van der Waals surface area (Å²) < 4.78 is 53.4. The zero-order valence-electron chi connectivity index (χ0n) is 18.6. The van der Waals surface area contributed by atoms with Gasteiger partial charge in [-0.05, 0) is 24.3 Å². The summed E-state index contributed by atoms with van der Waals surface area (Å²) in [6, 6.07) is 14.3. The van der Waals surface area contributed by atoms with Crippen LogP contribution in [0.2, 0.25) is 0 Å². The van der Waals surface area contributed by atoms with Gasteiger partial charge in [-0.25, -0.2) is 0 Å². The van der Waals surface area contributed by atoms with Crippen molar-refractivity contribution in [1.29, 1.82) is 0 Å². The van der Waals surface area contributed by atoms with Crippen molar-refractivity contribution >= 4 is 22.8 Å². The highest BCUT2D eigenvalue weighted by atomic mass is 19.4. The molecule has 1 aliphatic heterocycles. The Morgan fingerprint density at radius 3 is 2.61 bits per heavy atom. The summed E-state index contributed by atoms with van der Waals surface area (Å²) in [6.45, 7) is 1.08. The van der Waals surface area contributed by atoms with Crippen molar-refractivity contribution in [3.8, 4) is 11.4 Å². The molecule has 0 radical (unpaired) electrons. The van der Waals surface area contributed by atoms with E-state index in [-0.39, 0.29) is 41.8 Å². The molecule has 1 aliphatic rings. The van der Waals surface area contributed by atoms with Crippen LogP contribution in [-0.4, -0.2) is 59.2 Å². The zero-order valence-corrected chi connectivity index (χ0v) is 18.6.